The van der Waals surface area contributed by atoms with Crippen molar-refractivity contribution >= 4 is 23.3 Å². The second-order valence-corrected chi connectivity index (χ2v) is 6.73. The molecule has 0 bridgehead atoms. The average molecular weight is 353 g/mol. The van der Waals surface area contributed by atoms with E-state index in [1.165, 1.54) is 0 Å². The molecule has 2 N–H and O–H groups in total. The van der Waals surface area contributed by atoms with Crippen LogP contribution in [-0.4, -0.2) is 21.1 Å². The van der Waals surface area contributed by atoms with Gasteiger partial charge in [0.15, 0.2) is 0 Å². The molecule has 6 heteroatoms. The molecule has 4 rings (SSSR count). The molecule has 1 amide bonds. The van der Waals surface area contributed by atoms with Gasteiger partial charge in [0.2, 0.25) is 5.91 Å². The lowest BCUT2D eigenvalue weighted by atomic mass is 10.1. The SMILES string of the molecule is Cc1c(-c2ccncc2)n[nH]c1NC(=O)C1CC1c1ccc(Cl)cc1. The van der Waals surface area contributed by atoms with Gasteiger partial charge in [0.25, 0.3) is 0 Å². The lowest BCUT2D eigenvalue weighted by Gasteiger charge is -2.04. The largest absolute Gasteiger partial charge is 0.311 e. The van der Waals surface area contributed by atoms with Crippen LogP contribution in [0, 0.1) is 12.8 Å². The number of nitrogens with one attached hydrogen (secondary N) is 2. The number of anilines is 1. The van der Waals surface area contributed by atoms with Crippen LogP contribution in [-0.2, 0) is 4.79 Å². The number of benzene rings is 1. The van der Waals surface area contributed by atoms with Crippen molar-refractivity contribution < 1.29 is 4.79 Å². The van der Waals surface area contributed by atoms with Crippen LogP contribution in [0.2, 0.25) is 5.02 Å². The van der Waals surface area contributed by atoms with Crippen molar-refractivity contribution in [3.63, 3.8) is 0 Å². The monoisotopic (exact) mass is 352 g/mol. The Morgan fingerprint density at radius 1 is 1.20 bits per heavy atom. The quantitative estimate of drug-likeness (QED) is 0.740. The smallest absolute Gasteiger partial charge is 0.229 e. The van der Waals surface area contributed by atoms with Crippen molar-refractivity contribution in [1.82, 2.24) is 15.2 Å². The number of amides is 1. The number of aromatic nitrogens is 3. The van der Waals surface area contributed by atoms with E-state index in [0.717, 1.165) is 28.8 Å². The molecule has 2 atom stereocenters. The second-order valence-electron chi connectivity index (χ2n) is 6.30. The second kappa shape index (κ2) is 6.33. The Morgan fingerprint density at radius 3 is 2.64 bits per heavy atom. The molecule has 1 aromatic carbocycles. The molecule has 1 aliphatic rings. The van der Waals surface area contributed by atoms with E-state index in [9.17, 15) is 4.79 Å². The molecule has 1 saturated carbocycles. The highest BCUT2D eigenvalue weighted by molar-refractivity contribution is 6.30. The highest BCUT2D eigenvalue weighted by atomic mass is 35.5. The van der Waals surface area contributed by atoms with Crippen molar-refractivity contribution in [2.45, 2.75) is 19.3 Å². The van der Waals surface area contributed by atoms with Gasteiger partial charge in [0, 0.05) is 34.5 Å². The van der Waals surface area contributed by atoms with Gasteiger partial charge in [-0.2, -0.15) is 5.10 Å². The highest BCUT2D eigenvalue weighted by Gasteiger charge is 2.44. The number of pyridine rings is 1. The number of nitrogens with zero attached hydrogens (tertiary/aromatic N) is 2. The minimum absolute atomic E-state index is 0.00625. The predicted octanol–water partition coefficient (Wildman–Crippen LogP) is 4.18. The summed E-state index contributed by atoms with van der Waals surface area (Å²) in [7, 11) is 0. The van der Waals surface area contributed by atoms with Gasteiger partial charge in [-0.1, -0.05) is 23.7 Å². The summed E-state index contributed by atoms with van der Waals surface area (Å²) in [5.41, 5.74) is 3.86. The fourth-order valence-electron chi connectivity index (χ4n) is 3.09. The van der Waals surface area contributed by atoms with E-state index >= 15 is 0 Å². The summed E-state index contributed by atoms with van der Waals surface area (Å²) in [6.45, 7) is 1.94. The van der Waals surface area contributed by atoms with Gasteiger partial charge < -0.3 is 5.32 Å². The molecule has 0 saturated heterocycles. The zero-order chi connectivity index (χ0) is 17.4. The first-order chi connectivity index (χ1) is 12.1. The van der Waals surface area contributed by atoms with E-state index in [-0.39, 0.29) is 17.7 Å². The third kappa shape index (κ3) is 3.15. The van der Waals surface area contributed by atoms with Gasteiger partial charge in [0.1, 0.15) is 5.82 Å². The Labute approximate surface area is 150 Å². The van der Waals surface area contributed by atoms with E-state index < -0.39 is 0 Å². The summed E-state index contributed by atoms with van der Waals surface area (Å²) >= 11 is 5.92. The number of aromatic amines is 1. The molecule has 5 nitrogen and oxygen atoms in total. The van der Waals surface area contributed by atoms with Crippen LogP contribution in [0.5, 0.6) is 0 Å². The number of halogens is 1. The molecular formula is C19H17ClN4O. The molecule has 126 valence electrons. The van der Waals surface area contributed by atoms with Crippen LogP contribution >= 0.6 is 11.6 Å². The van der Waals surface area contributed by atoms with E-state index in [4.69, 9.17) is 11.6 Å². The van der Waals surface area contributed by atoms with Gasteiger partial charge in [-0.15, -0.1) is 0 Å². The Bertz CT molecular complexity index is 905. The fourth-order valence-corrected chi connectivity index (χ4v) is 3.22. The maximum absolute atomic E-state index is 12.5. The number of H-pyrrole nitrogens is 1. The Kier molecular flexibility index (Phi) is 4.01. The first-order valence-corrected chi connectivity index (χ1v) is 8.53. The number of carbonyl (C=O) groups excluding carboxylic acids is 1. The molecule has 25 heavy (non-hydrogen) atoms. The number of hydrogen-bond donors (Lipinski definition) is 2. The van der Waals surface area contributed by atoms with Gasteiger partial charge in [-0.25, -0.2) is 0 Å². The molecule has 0 aliphatic heterocycles. The van der Waals surface area contributed by atoms with Crippen LogP contribution in [0.1, 0.15) is 23.5 Å². The summed E-state index contributed by atoms with van der Waals surface area (Å²) in [5, 5.41) is 10.9. The van der Waals surface area contributed by atoms with Gasteiger partial charge >= 0.3 is 0 Å². The van der Waals surface area contributed by atoms with Gasteiger partial charge in [0.05, 0.1) is 5.69 Å². The minimum atomic E-state index is -0.00625. The molecule has 0 radical (unpaired) electrons. The van der Waals surface area contributed by atoms with Crippen LogP contribution in [0.3, 0.4) is 0 Å². The lowest BCUT2D eigenvalue weighted by Crippen LogP contribution is -2.15. The van der Waals surface area contributed by atoms with E-state index in [1.54, 1.807) is 12.4 Å². The van der Waals surface area contributed by atoms with E-state index in [1.807, 2.05) is 43.3 Å². The lowest BCUT2D eigenvalue weighted by molar-refractivity contribution is -0.117. The van der Waals surface area contributed by atoms with Crippen LogP contribution in [0.25, 0.3) is 11.3 Å². The molecular weight excluding hydrogens is 336 g/mol. The van der Waals surface area contributed by atoms with Crippen LogP contribution < -0.4 is 5.32 Å². The summed E-state index contributed by atoms with van der Waals surface area (Å²) in [6, 6.07) is 11.5. The van der Waals surface area contributed by atoms with Crippen molar-refractivity contribution in [3.05, 3.63) is 64.9 Å². The first-order valence-electron chi connectivity index (χ1n) is 8.15. The zero-order valence-corrected chi connectivity index (χ0v) is 14.4. The molecule has 1 fully saturated rings. The standard InChI is InChI=1S/C19H17ClN4O/c1-11-17(13-6-8-21-9-7-13)23-24-18(11)22-19(25)16-10-15(16)12-2-4-14(20)5-3-12/h2-9,15-16H,10H2,1H3,(H2,22,23,24,25). The number of hydrogen-bond acceptors (Lipinski definition) is 3. The Hall–Kier alpha value is -2.66. The molecule has 1 aliphatic carbocycles. The van der Waals surface area contributed by atoms with Crippen molar-refractivity contribution in [2.24, 2.45) is 5.92 Å². The maximum atomic E-state index is 12.5. The summed E-state index contributed by atoms with van der Waals surface area (Å²) < 4.78 is 0. The molecule has 2 unspecified atom stereocenters. The summed E-state index contributed by atoms with van der Waals surface area (Å²) in [4.78, 5) is 16.5. The third-order valence-corrected chi connectivity index (χ3v) is 4.89. The number of rotatable bonds is 4. The zero-order valence-electron chi connectivity index (χ0n) is 13.7. The van der Waals surface area contributed by atoms with Gasteiger partial charge in [-0.05, 0) is 49.1 Å². The molecule has 2 aromatic heterocycles. The summed E-state index contributed by atoms with van der Waals surface area (Å²) in [6.07, 6.45) is 4.31. The first kappa shape index (κ1) is 15.8. The van der Waals surface area contributed by atoms with Crippen LogP contribution in [0.15, 0.2) is 48.8 Å². The Morgan fingerprint density at radius 2 is 1.92 bits per heavy atom. The van der Waals surface area contributed by atoms with Crippen molar-refractivity contribution in [3.8, 4) is 11.3 Å². The predicted molar refractivity (Wildman–Crippen MR) is 97.5 cm³/mol. The van der Waals surface area contributed by atoms with Crippen LogP contribution in [0.4, 0.5) is 5.82 Å². The normalized spacial score (nSPS) is 18.8. The van der Waals surface area contributed by atoms with Crippen molar-refractivity contribution in [2.75, 3.05) is 5.32 Å². The maximum Gasteiger partial charge on any atom is 0.229 e. The fraction of sp³-hybridized carbons (Fsp3) is 0.211. The highest BCUT2D eigenvalue weighted by Crippen LogP contribution is 2.48. The Balaban J connectivity index is 1.46. The minimum Gasteiger partial charge on any atom is -0.311 e. The van der Waals surface area contributed by atoms with E-state index in [0.29, 0.717) is 10.8 Å². The van der Waals surface area contributed by atoms with Crippen molar-refractivity contribution in [1.29, 1.82) is 0 Å². The summed E-state index contributed by atoms with van der Waals surface area (Å²) in [5.74, 6) is 0.931. The topological polar surface area (TPSA) is 70.7 Å². The van der Waals surface area contributed by atoms with Gasteiger partial charge in [-0.3, -0.25) is 14.9 Å². The molecule has 2 heterocycles. The average Bonchev–Trinajstić information content (AvgIpc) is 3.35. The number of carbonyl (C=O) groups is 1. The third-order valence-electron chi connectivity index (χ3n) is 4.64. The molecule has 0 spiro atoms. The van der Waals surface area contributed by atoms with E-state index in [2.05, 4.69) is 20.5 Å². The molecule has 3 aromatic rings.